The summed E-state index contributed by atoms with van der Waals surface area (Å²) in [5, 5.41) is 2.41. The van der Waals surface area contributed by atoms with Crippen molar-refractivity contribution in [3.05, 3.63) is 46.7 Å². The molecule has 2 rings (SSSR count). The van der Waals surface area contributed by atoms with Gasteiger partial charge in [-0.1, -0.05) is 6.07 Å². The third kappa shape index (κ3) is 2.46. The molecule has 1 N–H and O–H groups in total. The molecule has 0 aromatic carbocycles. The van der Waals surface area contributed by atoms with Crippen molar-refractivity contribution in [2.24, 2.45) is 0 Å². The van der Waals surface area contributed by atoms with E-state index in [4.69, 9.17) is 4.42 Å². The van der Waals surface area contributed by atoms with Crippen LogP contribution in [0.5, 0.6) is 0 Å². The maximum absolute atomic E-state index is 12.7. The number of nitrogens with zero attached hydrogens (tertiary/aromatic N) is 1. The Balaban J connectivity index is 2.13. The second-order valence-corrected chi connectivity index (χ2v) is 3.69. The first-order valence-electron chi connectivity index (χ1n) is 4.34. The molecular formula is C10H6BrFN2O2. The summed E-state index contributed by atoms with van der Waals surface area (Å²) in [6.45, 7) is 0. The largest absolute Gasteiger partial charge is 0.444 e. The Morgan fingerprint density at radius 3 is 2.81 bits per heavy atom. The highest BCUT2D eigenvalue weighted by Gasteiger charge is 2.11. The first kappa shape index (κ1) is 10.8. The van der Waals surface area contributed by atoms with Crippen molar-refractivity contribution < 1.29 is 13.6 Å². The number of pyridine rings is 1. The number of carbonyl (C=O) groups is 1. The molecule has 2 aromatic heterocycles. The van der Waals surface area contributed by atoms with Crippen LogP contribution in [0.25, 0.3) is 0 Å². The lowest BCUT2D eigenvalue weighted by Crippen LogP contribution is -2.12. The van der Waals surface area contributed by atoms with Crippen LogP contribution in [-0.4, -0.2) is 10.9 Å². The van der Waals surface area contributed by atoms with E-state index in [0.717, 1.165) is 0 Å². The first-order valence-corrected chi connectivity index (χ1v) is 5.14. The van der Waals surface area contributed by atoms with Crippen molar-refractivity contribution in [2.45, 2.75) is 0 Å². The van der Waals surface area contributed by atoms with Crippen LogP contribution in [-0.2, 0) is 0 Å². The number of hydrogen-bond acceptors (Lipinski definition) is 3. The second-order valence-electron chi connectivity index (χ2n) is 2.90. The van der Waals surface area contributed by atoms with Crippen LogP contribution < -0.4 is 5.32 Å². The van der Waals surface area contributed by atoms with Gasteiger partial charge in [0.15, 0.2) is 10.4 Å². The lowest BCUT2D eigenvalue weighted by atomic mass is 10.4. The lowest BCUT2D eigenvalue weighted by Gasteiger charge is -2.01. The molecule has 0 saturated heterocycles. The molecule has 0 fully saturated rings. The summed E-state index contributed by atoms with van der Waals surface area (Å²) in [5.74, 6) is -0.877. The van der Waals surface area contributed by atoms with Crippen LogP contribution in [0.4, 0.5) is 10.2 Å². The molecule has 0 radical (unpaired) electrons. The van der Waals surface area contributed by atoms with Gasteiger partial charge in [-0.2, -0.15) is 4.39 Å². The molecule has 0 saturated carbocycles. The summed E-state index contributed by atoms with van der Waals surface area (Å²) < 4.78 is 18.2. The number of furan rings is 1. The standard InChI is InChI=1S/C10H6BrFN2O2/c11-7-5-4-6(16-7)10(15)14-9-3-1-2-8(12)13-9/h1-5H,(H,13,14,15). The minimum atomic E-state index is -0.654. The molecule has 2 heterocycles. The van der Waals surface area contributed by atoms with Gasteiger partial charge >= 0.3 is 0 Å². The summed E-state index contributed by atoms with van der Waals surface area (Å²) >= 11 is 3.08. The molecule has 2 aromatic rings. The molecule has 16 heavy (non-hydrogen) atoms. The monoisotopic (exact) mass is 284 g/mol. The zero-order valence-corrected chi connectivity index (χ0v) is 9.49. The summed E-state index contributed by atoms with van der Waals surface area (Å²) in [5.41, 5.74) is 0. The number of halogens is 2. The Bertz CT molecular complexity index is 527. The van der Waals surface area contributed by atoms with Crippen molar-refractivity contribution in [1.29, 1.82) is 0 Å². The van der Waals surface area contributed by atoms with E-state index in [1.807, 2.05) is 0 Å². The van der Waals surface area contributed by atoms with Crippen LogP contribution in [0, 0.1) is 5.95 Å². The molecule has 0 unspecified atom stereocenters. The van der Waals surface area contributed by atoms with Gasteiger partial charge in [0.05, 0.1) is 0 Å². The van der Waals surface area contributed by atoms with Gasteiger partial charge in [-0.15, -0.1) is 0 Å². The quantitative estimate of drug-likeness (QED) is 0.863. The topological polar surface area (TPSA) is 55.1 Å². The number of hydrogen-bond donors (Lipinski definition) is 1. The highest BCUT2D eigenvalue weighted by Crippen LogP contribution is 2.15. The van der Waals surface area contributed by atoms with Crippen LogP contribution >= 0.6 is 15.9 Å². The van der Waals surface area contributed by atoms with Crippen LogP contribution in [0.1, 0.15) is 10.6 Å². The average molecular weight is 285 g/mol. The minimum absolute atomic E-state index is 0.123. The molecule has 0 bridgehead atoms. The zero-order valence-electron chi connectivity index (χ0n) is 7.91. The number of amides is 1. The van der Waals surface area contributed by atoms with Gasteiger partial charge < -0.3 is 9.73 Å². The van der Waals surface area contributed by atoms with E-state index in [9.17, 15) is 9.18 Å². The smallest absolute Gasteiger partial charge is 0.292 e. The minimum Gasteiger partial charge on any atom is -0.444 e. The van der Waals surface area contributed by atoms with Crippen molar-refractivity contribution in [1.82, 2.24) is 4.98 Å². The molecule has 4 nitrogen and oxygen atoms in total. The Morgan fingerprint density at radius 1 is 1.38 bits per heavy atom. The van der Waals surface area contributed by atoms with Gasteiger partial charge in [0.1, 0.15) is 5.82 Å². The van der Waals surface area contributed by atoms with Gasteiger partial charge in [-0.25, -0.2) is 4.98 Å². The molecule has 0 aliphatic carbocycles. The van der Waals surface area contributed by atoms with E-state index < -0.39 is 11.9 Å². The molecule has 0 aliphatic rings. The molecule has 0 atom stereocenters. The maximum Gasteiger partial charge on any atom is 0.292 e. The highest BCUT2D eigenvalue weighted by atomic mass is 79.9. The number of nitrogens with one attached hydrogen (secondary N) is 1. The van der Waals surface area contributed by atoms with Gasteiger partial charge in [0.2, 0.25) is 5.95 Å². The van der Waals surface area contributed by atoms with Gasteiger partial charge in [0, 0.05) is 0 Å². The van der Waals surface area contributed by atoms with E-state index >= 15 is 0 Å². The van der Waals surface area contributed by atoms with Crippen molar-refractivity contribution in [2.75, 3.05) is 5.32 Å². The van der Waals surface area contributed by atoms with Gasteiger partial charge in [-0.3, -0.25) is 4.79 Å². The van der Waals surface area contributed by atoms with Crippen molar-refractivity contribution in [3.63, 3.8) is 0 Å². The number of carbonyl (C=O) groups excluding carboxylic acids is 1. The normalized spacial score (nSPS) is 10.1. The highest BCUT2D eigenvalue weighted by molar-refractivity contribution is 9.10. The van der Waals surface area contributed by atoms with E-state index in [1.54, 1.807) is 6.07 Å². The fourth-order valence-electron chi connectivity index (χ4n) is 1.09. The van der Waals surface area contributed by atoms with Crippen LogP contribution in [0.3, 0.4) is 0 Å². The Labute approximate surface area is 98.6 Å². The third-order valence-corrected chi connectivity index (χ3v) is 2.18. The lowest BCUT2D eigenvalue weighted by molar-refractivity contribution is 0.0995. The van der Waals surface area contributed by atoms with Crippen molar-refractivity contribution in [3.8, 4) is 0 Å². The molecule has 6 heteroatoms. The SMILES string of the molecule is O=C(Nc1cccc(F)n1)c1ccc(Br)o1. The second kappa shape index (κ2) is 4.44. The number of rotatable bonds is 2. The number of anilines is 1. The van der Waals surface area contributed by atoms with Crippen LogP contribution in [0.15, 0.2) is 39.4 Å². The summed E-state index contributed by atoms with van der Waals surface area (Å²) in [6, 6.07) is 7.22. The Kier molecular flexibility index (Phi) is 3.00. The Morgan fingerprint density at radius 2 is 2.19 bits per heavy atom. The van der Waals surface area contributed by atoms with Crippen molar-refractivity contribution >= 4 is 27.7 Å². The maximum atomic E-state index is 12.7. The Hall–Kier alpha value is -1.69. The molecule has 1 amide bonds. The third-order valence-electron chi connectivity index (χ3n) is 1.75. The molecule has 0 aliphatic heterocycles. The predicted molar refractivity (Wildman–Crippen MR) is 58.6 cm³/mol. The summed E-state index contributed by atoms with van der Waals surface area (Å²) in [4.78, 5) is 15.0. The van der Waals surface area contributed by atoms with E-state index in [1.165, 1.54) is 24.3 Å². The average Bonchev–Trinajstić information content (AvgIpc) is 2.65. The molecule has 0 spiro atoms. The number of aromatic nitrogens is 1. The zero-order chi connectivity index (χ0) is 11.5. The summed E-state index contributed by atoms with van der Waals surface area (Å²) in [7, 11) is 0. The summed E-state index contributed by atoms with van der Waals surface area (Å²) in [6.07, 6.45) is 0. The van der Waals surface area contributed by atoms with E-state index in [0.29, 0.717) is 4.67 Å². The fraction of sp³-hybridized carbons (Fsp3) is 0. The van der Waals surface area contributed by atoms with Crippen LogP contribution in [0.2, 0.25) is 0 Å². The first-order chi connectivity index (χ1) is 7.65. The van der Waals surface area contributed by atoms with Gasteiger partial charge in [0.25, 0.3) is 5.91 Å². The van der Waals surface area contributed by atoms with Gasteiger partial charge in [-0.05, 0) is 40.2 Å². The van der Waals surface area contributed by atoms with E-state index in [2.05, 4.69) is 26.2 Å². The van der Waals surface area contributed by atoms with E-state index in [-0.39, 0.29) is 11.6 Å². The molecular weight excluding hydrogens is 279 g/mol. The molecule has 82 valence electrons. The predicted octanol–water partition coefficient (Wildman–Crippen LogP) is 2.83. The fourth-order valence-corrected chi connectivity index (χ4v) is 1.40.